The Morgan fingerprint density at radius 1 is 0.927 bits per heavy atom. The second-order valence-electron chi connectivity index (χ2n) is 9.77. The Labute approximate surface area is 240 Å². The molecule has 10 nitrogen and oxygen atoms in total. The molecule has 0 bridgehead atoms. The van der Waals surface area contributed by atoms with Crippen molar-refractivity contribution < 1.29 is 28.3 Å². The molecule has 0 unspecified atom stereocenters. The monoisotopic (exact) mass is 562 g/mol. The van der Waals surface area contributed by atoms with E-state index in [1.807, 2.05) is 36.4 Å². The van der Waals surface area contributed by atoms with Gasteiger partial charge in [-0.1, -0.05) is 30.3 Å². The van der Waals surface area contributed by atoms with E-state index < -0.39 is 5.97 Å². The van der Waals surface area contributed by atoms with E-state index in [0.29, 0.717) is 56.3 Å². The van der Waals surface area contributed by atoms with Crippen molar-refractivity contribution in [1.29, 1.82) is 0 Å². The number of hydrogen-bond donors (Lipinski definition) is 1. The molecule has 0 aliphatic carbocycles. The molecule has 1 aliphatic heterocycles. The maximum absolute atomic E-state index is 13.7. The fourth-order valence-electron chi connectivity index (χ4n) is 4.56. The number of hydrogen-bond acceptors (Lipinski definition) is 7. The first-order valence-electron chi connectivity index (χ1n) is 14.0. The molecule has 0 spiro atoms. The van der Waals surface area contributed by atoms with E-state index in [9.17, 15) is 14.4 Å². The van der Waals surface area contributed by atoms with E-state index in [0.717, 1.165) is 25.2 Å². The second kappa shape index (κ2) is 15.6. The topological polar surface area (TPSA) is 105 Å². The smallest absolute Gasteiger partial charge is 0.338 e. The summed E-state index contributed by atoms with van der Waals surface area (Å²) < 4.78 is 16.0. The molecule has 1 fully saturated rings. The summed E-state index contributed by atoms with van der Waals surface area (Å²) >= 11 is 0. The molecule has 1 aromatic heterocycles. The summed E-state index contributed by atoms with van der Waals surface area (Å²) in [6.07, 6.45) is 2.29. The maximum Gasteiger partial charge on any atom is 0.338 e. The average Bonchev–Trinajstić information content (AvgIpc) is 3.51. The van der Waals surface area contributed by atoms with Crippen molar-refractivity contribution in [2.75, 3.05) is 57.9 Å². The van der Waals surface area contributed by atoms with Gasteiger partial charge in [0.2, 0.25) is 5.91 Å². The van der Waals surface area contributed by atoms with Crippen molar-refractivity contribution in [2.45, 2.75) is 26.4 Å². The van der Waals surface area contributed by atoms with Crippen molar-refractivity contribution in [1.82, 2.24) is 14.7 Å². The van der Waals surface area contributed by atoms with Crippen LogP contribution < -0.4 is 5.32 Å². The van der Waals surface area contributed by atoms with Crippen molar-refractivity contribution in [3.8, 4) is 0 Å². The Hall–Kier alpha value is -4.15. The first kappa shape index (κ1) is 29.8. The van der Waals surface area contributed by atoms with Gasteiger partial charge in [-0.3, -0.25) is 9.69 Å². The third kappa shape index (κ3) is 9.47. The number of carbonyl (C=O) groups is 3. The lowest BCUT2D eigenvalue weighted by Gasteiger charge is -2.30. The van der Waals surface area contributed by atoms with Gasteiger partial charge in [0.15, 0.2) is 0 Å². The molecule has 0 saturated carbocycles. The van der Waals surface area contributed by atoms with Crippen molar-refractivity contribution >= 4 is 23.6 Å². The Kier molecular flexibility index (Phi) is 11.3. The van der Waals surface area contributed by atoms with Crippen LogP contribution in [0.1, 0.15) is 35.0 Å². The van der Waals surface area contributed by atoms with Gasteiger partial charge in [-0.2, -0.15) is 0 Å². The number of nitrogens with zero attached hydrogens (tertiary/aromatic N) is 3. The van der Waals surface area contributed by atoms with E-state index in [4.69, 9.17) is 13.9 Å². The Morgan fingerprint density at radius 2 is 1.68 bits per heavy atom. The van der Waals surface area contributed by atoms with Crippen LogP contribution in [0.3, 0.4) is 0 Å². The van der Waals surface area contributed by atoms with Crippen LogP contribution in [-0.4, -0.2) is 85.2 Å². The fourth-order valence-corrected chi connectivity index (χ4v) is 4.56. The van der Waals surface area contributed by atoms with Crippen LogP contribution in [0.4, 0.5) is 10.5 Å². The van der Waals surface area contributed by atoms with Gasteiger partial charge in [0.05, 0.1) is 38.2 Å². The standard InChI is InChI=1S/C31H38N4O6/c1-2-40-30(37)26-11-13-27(14-12-26)32-31(38)34(16-7-15-33-17-20-39-21-18-33)24-29(36)35(23-28-10-6-19-41-28)22-25-8-4-3-5-9-25/h3-6,8-14,19H,2,7,15-18,20-24H2,1H3,(H,32,38). The molecular formula is C31H38N4O6. The zero-order valence-electron chi connectivity index (χ0n) is 23.5. The van der Waals surface area contributed by atoms with Gasteiger partial charge in [-0.05, 0) is 55.3 Å². The summed E-state index contributed by atoms with van der Waals surface area (Å²) in [6.45, 7) is 6.92. The number of ether oxygens (including phenoxy) is 2. The quantitative estimate of drug-likeness (QED) is 0.311. The lowest BCUT2D eigenvalue weighted by Crippen LogP contribution is -2.45. The molecule has 4 rings (SSSR count). The van der Waals surface area contributed by atoms with E-state index in [1.165, 1.54) is 0 Å². The number of morpholine rings is 1. The molecule has 2 heterocycles. The highest BCUT2D eigenvalue weighted by molar-refractivity contribution is 5.94. The second-order valence-corrected chi connectivity index (χ2v) is 9.77. The minimum Gasteiger partial charge on any atom is -0.467 e. The van der Waals surface area contributed by atoms with E-state index in [-0.39, 0.29) is 25.1 Å². The normalized spacial score (nSPS) is 13.4. The molecule has 41 heavy (non-hydrogen) atoms. The Bertz CT molecular complexity index is 1230. The highest BCUT2D eigenvalue weighted by Crippen LogP contribution is 2.15. The van der Waals surface area contributed by atoms with Gasteiger partial charge in [0.25, 0.3) is 0 Å². The molecular weight excluding hydrogens is 524 g/mol. The van der Waals surface area contributed by atoms with Crippen molar-refractivity contribution in [3.05, 3.63) is 89.9 Å². The minimum absolute atomic E-state index is 0.0939. The minimum atomic E-state index is -0.421. The lowest BCUT2D eigenvalue weighted by atomic mass is 10.2. The highest BCUT2D eigenvalue weighted by Gasteiger charge is 2.23. The van der Waals surface area contributed by atoms with Gasteiger partial charge in [0.1, 0.15) is 12.3 Å². The largest absolute Gasteiger partial charge is 0.467 e. The number of anilines is 1. The van der Waals surface area contributed by atoms with Crippen molar-refractivity contribution in [3.63, 3.8) is 0 Å². The van der Waals surface area contributed by atoms with E-state index in [1.54, 1.807) is 53.3 Å². The third-order valence-corrected chi connectivity index (χ3v) is 6.76. The lowest BCUT2D eigenvalue weighted by molar-refractivity contribution is -0.133. The summed E-state index contributed by atoms with van der Waals surface area (Å²) in [7, 11) is 0. The predicted octanol–water partition coefficient (Wildman–Crippen LogP) is 4.24. The molecule has 3 amide bonds. The molecule has 3 aromatic rings. The Balaban J connectivity index is 1.45. The predicted molar refractivity (Wildman–Crippen MR) is 154 cm³/mol. The summed E-state index contributed by atoms with van der Waals surface area (Å²) in [4.78, 5) is 44.7. The zero-order chi connectivity index (χ0) is 28.9. The molecule has 1 saturated heterocycles. The number of rotatable bonds is 13. The number of benzene rings is 2. The Morgan fingerprint density at radius 3 is 2.37 bits per heavy atom. The summed E-state index contributed by atoms with van der Waals surface area (Å²) in [5, 5.41) is 2.88. The number of urea groups is 1. The van der Waals surface area contributed by atoms with Crippen LogP contribution in [0, 0.1) is 0 Å². The van der Waals surface area contributed by atoms with Crippen LogP contribution in [0.5, 0.6) is 0 Å². The van der Waals surface area contributed by atoms with Crippen LogP contribution in [-0.2, 0) is 27.4 Å². The van der Waals surface area contributed by atoms with Crippen molar-refractivity contribution in [2.24, 2.45) is 0 Å². The molecule has 0 atom stereocenters. The molecule has 1 aliphatic rings. The number of amides is 3. The highest BCUT2D eigenvalue weighted by atomic mass is 16.5. The number of carbonyl (C=O) groups excluding carboxylic acids is 3. The van der Waals surface area contributed by atoms with Crippen LogP contribution in [0.2, 0.25) is 0 Å². The number of esters is 1. The summed E-state index contributed by atoms with van der Waals surface area (Å²) in [5.74, 6) is 0.0551. The number of furan rings is 1. The van der Waals surface area contributed by atoms with Crippen LogP contribution in [0.15, 0.2) is 77.4 Å². The summed E-state index contributed by atoms with van der Waals surface area (Å²) in [6, 6.07) is 19.5. The SMILES string of the molecule is CCOC(=O)c1ccc(NC(=O)N(CCCN2CCOCC2)CC(=O)N(Cc2ccccc2)Cc2ccco2)cc1. The van der Waals surface area contributed by atoms with E-state index >= 15 is 0 Å². The summed E-state index contributed by atoms with van der Waals surface area (Å²) in [5.41, 5.74) is 1.90. The maximum atomic E-state index is 13.7. The van der Waals surface area contributed by atoms with E-state index in [2.05, 4.69) is 10.2 Å². The zero-order valence-corrected chi connectivity index (χ0v) is 23.5. The average molecular weight is 563 g/mol. The van der Waals surface area contributed by atoms with Gasteiger partial charge in [-0.15, -0.1) is 0 Å². The van der Waals surface area contributed by atoms with Gasteiger partial charge < -0.3 is 29.0 Å². The molecule has 218 valence electrons. The van der Waals surface area contributed by atoms with Crippen LogP contribution in [0.25, 0.3) is 0 Å². The van der Waals surface area contributed by atoms with Crippen LogP contribution >= 0.6 is 0 Å². The number of nitrogens with one attached hydrogen (secondary N) is 1. The third-order valence-electron chi connectivity index (χ3n) is 6.76. The molecule has 2 aromatic carbocycles. The first-order chi connectivity index (χ1) is 20.0. The first-order valence-corrected chi connectivity index (χ1v) is 14.0. The fraction of sp³-hybridized carbons (Fsp3) is 0.387. The van der Waals surface area contributed by atoms with Gasteiger partial charge in [-0.25, -0.2) is 9.59 Å². The molecule has 10 heteroatoms. The molecule has 0 radical (unpaired) electrons. The molecule has 1 N–H and O–H groups in total. The van der Waals surface area contributed by atoms with Gasteiger partial charge >= 0.3 is 12.0 Å². The van der Waals surface area contributed by atoms with Gasteiger partial charge in [0, 0.05) is 38.4 Å².